The summed E-state index contributed by atoms with van der Waals surface area (Å²) in [6.07, 6.45) is 0. The summed E-state index contributed by atoms with van der Waals surface area (Å²) in [6, 6.07) is 30.1. The largest absolute Gasteiger partial charge is 0.460 e. The molecule has 0 aromatic heterocycles. The van der Waals surface area contributed by atoms with Gasteiger partial charge in [-0.3, -0.25) is 9.69 Å². The van der Waals surface area contributed by atoms with Crippen molar-refractivity contribution in [3.05, 3.63) is 108 Å². The standard InChI is InChI=1S/C26H29NO2/c1-21(2)25(26(28)29-20-24-16-10-5-11-17-24)27(18-22-12-6-3-7-13-22)19-23-14-8-4-9-15-23/h3-17,21,25H,18-20H2,1-2H3/t25-/m0/s1. The first kappa shape index (κ1) is 20.8. The summed E-state index contributed by atoms with van der Waals surface area (Å²) in [4.78, 5) is 15.3. The number of hydrogen-bond donors (Lipinski definition) is 0. The Labute approximate surface area is 174 Å². The van der Waals surface area contributed by atoms with Gasteiger partial charge in [-0.15, -0.1) is 0 Å². The minimum absolute atomic E-state index is 0.130. The van der Waals surface area contributed by atoms with Gasteiger partial charge in [0.05, 0.1) is 0 Å². The molecular weight excluding hydrogens is 358 g/mol. The van der Waals surface area contributed by atoms with E-state index in [-0.39, 0.29) is 17.9 Å². The minimum Gasteiger partial charge on any atom is -0.460 e. The molecule has 0 fully saturated rings. The monoisotopic (exact) mass is 387 g/mol. The van der Waals surface area contributed by atoms with Crippen molar-refractivity contribution in [2.24, 2.45) is 5.92 Å². The third kappa shape index (κ3) is 6.30. The van der Waals surface area contributed by atoms with E-state index in [1.807, 2.05) is 66.7 Å². The zero-order chi connectivity index (χ0) is 20.5. The fourth-order valence-electron chi connectivity index (χ4n) is 3.55. The number of carbonyl (C=O) groups is 1. The molecule has 0 bridgehead atoms. The Hall–Kier alpha value is -2.91. The number of benzene rings is 3. The summed E-state index contributed by atoms with van der Waals surface area (Å²) in [5, 5.41) is 0. The third-order valence-electron chi connectivity index (χ3n) is 4.95. The van der Waals surface area contributed by atoms with Crippen molar-refractivity contribution in [2.75, 3.05) is 0 Å². The summed E-state index contributed by atoms with van der Waals surface area (Å²) in [7, 11) is 0. The van der Waals surface area contributed by atoms with E-state index < -0.39 is 0 Å². The fourth-order valence-corrected chi connectivity index (χ4v) is 3.55. The molecule has 0 aliphatic carbocycles. The molecule has 0 spiro atoms. The maximum atomic E-state index is 13.1. The predicted molar refractivity (Wildman–Crippen MR) is 117 cm³/mol. The van der Waals surface area contributed by atoms with Crippen molar-refractivity contribution in [1.29, 1.82) is 0 Å². The van der Waals surface area contributed by atoms with Gasteiger partial charge in [-0.25, -0.2) is 0 Å². The first-order chi connectivity index (χ1) is 14.1. The zero-order valence-electron chi connectivity index (χ0n) is 17.2. The van der Waals surface area contributed by atoms with Gasteiger partial charge in [0.25, 0.3) is 0 Å². The van der Waals surface area contributed by atoms with Crippen molar-refractivity contribution in [1.82, 2.24) is 4.90 Å². The maximum absolute atomic E-state index is 13.1. The van der Waals surface area contributed by atoms with Gasteiger partial charge in [0.1, 0.15) is 12.6 Å². The molecule has 3 heteroatoms. The molecular formula is C26H29NO2. The molecule has 0 heterocycles. The molecule has 150 valence electrons. The van der Waals surface area contributed by atoms with E-state index in [9.17, 15) is 4.79 Å². The summed E-state index contributed by atoms with van der Waals surface area (Å²) in [6.45, 7) is 5.85. The number of rotatable bonds is 9. The Bertz CT molecular complexity index is 821. The van der Waals surface area contributed by atoms with Crippen LogP contribution in [0.1, 0.15) is 30.5 Å². The van der Waals surface area contributed by atoms with Crippen LogP contribution in [0.4, 0.5) is 0 Å². The normalized spacial score (nSPS) is 12.1. The number of esters is 1. The van der Waals surface area contributed by atoms with Crippen LogP contribution in [0.25, 0.3) is 0 Å². The Morgan fingerprint density at radius 1 is 0.724 bits per heavy atom. The van der Waals surface area contributed by atoms with Crippen LogP contribution >= 0.6 is 0 Å². The van der Waals surface area contributed by atoms with Crippen molar-refractivity contribution in [3.8, 4) is 0 Å². The van der Waals surface area contributed by atoms with E-state index in [2.05, 4.69) is 43.0 Å². The molecule has 0 aliphatic heterocycles. The molecule has 0 saturated carbocycles. The second kappa shape index (κ2) is 10.6. The Morgan fingerprint density at radius 3 is 1.55 bits per heavy atom. The number of nitrogens with zero attached hydrogens (tertiary/aromatic N) is 1. The molecule has 0 unspecified atom stereocenters. The number of hydrogen-bond acceptors (Lipinski definition) is 3. The molecule has 3 aromatic carbocycles. The van der Waals surface area contributed by atoms with E-state index in [1.54, 1.807) is 0 Å². The van der Waals surface area contributed by atoms with Crippen LogP contribution in [0.2, 0.25) is 0 Å². The molecule has 3 nitrogen and oxygen atoms in total. The predicted octanol–water partition coefficient (Wildman–Crippen LogP) is 5.46. The van der Waals surface area contributed by atoms with Crippen molar-refractivity contribution in [3.63, 3.8) is 0 Å². The molecule has 0 aliphatic rings. The Morgan fingerprint density at radius 2 is 1.14 bits per heavy atom. The van der Waals surface area contributed by atoms with Gasteiger partial charge >= 0.3 is 5.97 Å². The first-order valence-corrected chi connectivity index (χ1v) is 10.2. The third-order valence-corrected chi connectivity index (χ3v) is 4.95. The van der Waals surface area contributed by atoms with Crippen molar-refractivity contribution < 1.29 is 9.53 Å². The SMILES string of the molecule is CC(C)[C@@H](C(=O)OCc1ccccc1)N(Cc1ccccc1)Cc1ccccc1. The molecule has 3 aromatic rings. The van der Waals surface area contributed by atoms with E-state index in [0.29, 0.717) is 19.7 Å². The van der Waals surface area contributed by atoms with Gasteiger partial charge in [-0.1, -0.05) is 105 Å². The van der Waals surface area contributed by atoms with E-state index in [0.717, 1.165) is 5.56 Å². The molecule has 1 atom stereocenters. The minimum atomic E-state index is -0.320. The van der Waals surface area contributed by atoms with Crippen LogP contribution in [0.5, 0.6) is 0 Å². The van der Waals surface area contributed by atoms with Gasteiger partial charge in [0.2, 0.25) is 0 Å². The highest BCUT2D eigenvalue weighted by Crippen LogP contribution is 2.20. The molecule has 0 amide bonds. The number of ether oxygens (including phenoxy) is 1. The molecule has 0 radical (unpaired) electrons. The maximum Gasteiger partial charge on any atom is 0.323 e. The van der Waals surface area contributed by atoms with E-state index in [1.165, 1.54) is 11.1 Å². The molecule has 29 heavy (non-hydrogen) atoms. The lowest BCUT2D eigenvalue weighted by molar-refractivity contribution is -0.154. The average Bonchev–Trinajstić information content (AvgIpc) is 2.74. The van der Waals surface area contributed by atoms with Crippen LogP contribution in [-0.2, 0) is 29.2 Å². The van der Waals surface area contributed by atoms with Gasteiger partial charge in [0, 0.05) is 13.1 Å². The number of carbonyl (C=O) groups excluding carboxylic acids is 1. The lowest BCUT2D eigenvalue weighted by Gasteiger charge is -2.33. The summed E-state index contributed by atoms with van der Waals surface area (Å²) in [5.41, 5.74) is 3.37. The highest BCUT2D eigenvalue weighted by atomic mass is 16.5. The van der Waals surface area contributed by atoms with E-state index >= 15 is 0 Å². The average molecular weight is 388 g/mol. The van der Waals surface area contributed by atoms with Crippen LogP contribution in [-0.4, -0.2) is 16.9 Å². The molecule has 0 N–H and O–H groups in total. The fraction of sp³-hybridized carbons (Fsp3) is 0.269. The zero-order valence-corrected chi connectivity index (χ0v) is 17.2. The summed E-state index contributed by atoms with van der Waals surface area (Å²) in [5.74, 6) is -0.0404. The molecule has 0 saturated heterocycles. The Kier molecular flexibility index (Phi) is 7.60. The Balaban J connectivity index is 1.79. The lowest BCUT2D eigenvalue weighted by Crippen LogP contribution is -2.44. The quantitative estimate of drug-likeness (QED) is 0.457. The van der Waals surface area contributed by atoms with Gasteiger partial charge in [-0.05, 0) is 22.6 Å². The summed E-state index contributed by atoms with van der Waals surface area (Å²) >= 11 is 0. The second-order valence-electron chi connectivity index (χ2n) is 7.66. The highest BCUT2D eigenvalue weighted by Gasteiger charge is 2.30. The summed E-state index contributed by atoms with van der Waals surface area (Å²) < 4.78 is 5.73. The lowest BCUT2D eigenvalue weighted by atomic mass is 10.0. The van der Waals surface area contributed by atoms with Crippen LogP contribution in [0, 0.1) is 5.92 Å². The highest BCUT2D eigenvalue weighted by molar-refractivity contribution is 5.76. The topological polar surface area (TPSA) is 29.5 Å². The van der Waals surface area contributed by atoms with Crippen LogP contribution in [0.15, 0.2) is 91.0 Å². The van der Waals surface area contributed by atoms with Gasteiger partial charge in [-0.2, -0.15) is 0 Å². The second-order valence-corrected chi connectivity index (χ2v) is 7.66. The van der Waals surface area contributed by atoms with Crippen molar-refractivity contribution >= 4 is 5.97 Å². The van der Waals surface area contributed by atoms with Crippen molar-refractivity contribution in [2.45, 2.75) is 39.6 Å². The van der Waals surface area contributed by atoms with Gasteiger partial charge < -0.3 is 4.74 Å². The van der Waals surface area contributed by atoms with Crippen LogP contribution in [0.3, 0.4) is 0 Å². The molecule has 3 rings (SSSR count). The van der Waals surface area contributed by atoms with Gasteiger partial charge in [0.15, 0.2) is 0 Å². The van der Waals surface area contributed by atoms with Crippen LogP contribution < -0.4 is 0 Å². The smallest absolute Gasteiger partial charge is 0.323 e. The first-order valence-electron chi connectivity index (χ1n) is 10.2. The van der Waals surface area contributed by atoms with E-state index in [4.69, 9.17) is 4.74 Å².